The molecule has 4 nitrogen and oxygen atoms in total. The lowest BCUT2D eigenvalue weighted by Crippen LogP contribution is -2.32. The standard InChI is InChI=1S/C47H28N2O2/c1-3-13-29(14-4-1)39-28-40(49-46(48-39)30-15-5-2-6-16-30)31-23-25-41-34(27-31)44-43(50-41)26-24-38-45(44)51-42-22-12-11-21-37(42)47(38)35-19-9-7-17-32(35)33-18-8-10-20-36(33)47/h1-28H. The summed E-state index contributed by atoms with van der Waals surface area (Å²) in [7, 11) is 0. The summed E-state index contributed by atoms with van der Waals surface area (Å²) >= 11 is 0. The Hall–Kier alpha value is -6.78. The van der Waals surface area contributed by atoms with E-state index in [0.717, 1.165) is 72.6 Å². The molecule has 2 aliphatic rings. The van der Waals surface area contributed by atoms with Gasteiger partial charge in [0.15, 0.2) is 5.82 Å². The van der Waals surface area contributed by atoms with Crippen LogP contribution in [0.2, 0.25) is 0 Å². The van der Waals surface area contributed by atoms with Gasteiger partial charge in [0.2, 0.25) is 0 Å². The molecule has 0 amide bonds. The fourth-order valence-electron chi connectivity index (χ4n) is 8.40. The Kier molecular flexibility index (Phi) is 5.84. The molecule has 3 heterocycles. The number of rotatable bonds is 3. The van der Waals surface area contributed by atoms with Crippen molar-refractivity contribution in [3.63, 3.8) is 0 Å². The van der Waals surface area contributed by atoms with Crippen molar-refractivity contribution >= 4 is 21.9 Å². The Bertz CT molecular complexity index is 2730. The van der Waals surface area contributed by atoms with Crippen molar-refractivity contribution in [3.8, 4) is 56.5 Å². The first-order chi connectivity index (χ1) is 25.3. The number of benzene rings is 7. The van der Waals surface area contributed by atoms with E-state index in [2.05, 4.69) is 133 Å². The average Bonchev–Trinajstić information content (AvgIpc) is 3.73. The summed E-state index contributed by atoms with van der Waals surface area (Å²) in [5.74, 6) is 2.36. The van der Waals surface area contributed by atoms with Crippen LogP contribution in [0.5, 0.6) is 11.5 Å². The van der Waals surface area contributed by atoms with E-state index in [4.69, 9.17) is 19.1 Å². The molecular formula is C47H28N2O2. The van der Waals surface area contributed by atoms with E-state index in [-0.39, 0.29) is 0 Å². The van der Waals surface area contributed by atoms with Gasteiger partial charge in [-0.25, -0.2) is 9.97 Å². The molecule has 0 bridgehead atoms. The molecule has 0 unspecified atom stereocenters. The molecule has 51 heavy (non-hydrogen) atoms. The first-order valence-corrected chi connectivity index (χ1v) is 17.2. The summed E-state index contributed by atoms with van der Waals surface area (Å²) in [6.07, 6.45) is 0. The van der Waals surface area contributed by atoms with Crippen molar-refractivity contribution in [1.29, 1.82) is 0 Å². The number of nitrogens with zero attached hydrogens (tertiary/aromatic N) is 2. The van der Waals surface area contributed by atoms with E-state index in [0.29, 0.717) is 5.82 Å². The lowest BCUT2D eigenvalue weighted by Gasteiger charge is -2.39. The summed E-state index contributed by atoms with van der Waals surface area (Å²) in [6.45, 7) is 0. The fraction of sp³-hybridized carbons (Fsp3) is 0.0213. The zero-order valence-corrected chi connectivity index (χ0v) is 27.4. The van der Waals surface area contributed by atoms with Crippen molar-refractivity contribution in [2.24, 2.45) is 0 Å². The largest absolute Gasteiger partial charge is 0.456 e. The third kappa shape index (κ3) is 3.96. The van der Waals surface area contributed by atoms with Gasteiger partial charge in [0.25, 0.3) is 0 Å². The van der Waals surface area contributed by atoms with Crippen molar-refractivity contribution in [3.05, 3.63) is 192 Å². The molecule has 0 radical (unpaired) electrons. The van der Waals surface area contributed by atoms with Crippen LogP contribution in [-0.2, 0) is 5.41 Å². The van der Waals surface area contributed by atoms with Crippen LogP contribution in [0.3, 0.4) is 0 Å². The van der Waals surface area contributed by atoms with Crippen LogP contribution in [0.1, 0.15) is 22.3 Å². The molecule has 0 N–H and O–H groups in total. The summed E-state index contributed by atoms with van der Waals surface area (Å²) < 4.78 is 13.5. The number of aromatic nitrogens is 2. The van der Waals surface area contributed by atoms with Gasteiger partial charge in [-0.1, -0.05) is 127 Å². The van der Waals surface area contributed by atoms with Gasteiger partial charge in [-0.05, 0) is 64.7 Å². The van der Waals surface area contributed by atoms with Crippen LogP contribution >= 0.6 is 0 Å². The maximum atomic E-state index is 6.99. The van der Waals surface area contributed by atoms with Crippen LogP contribution in [-0.4, -0.2) is 9.97 Å². The van der Waals surface area contributed by atoms with Crippen LogP contribution in [0, 0.1) is 0 Å². The first kappa shape index (κ1) is 28.1. The molecule has 1 aliphatic heterocycles. The third-order valence-corrected chi connectivity index (χ3v) is 10.6. The maximum Gasteiger partial charge on any atom is 0.160 e. The number of para-hydroxylation sites is 1. The minimum atomic E-state index is -0.547. The van der Waals surface area contributed by atoms with Crippen LogP contribution in [0.15, 0.2) is 174 Å². The third-order valence-electron chi connectivity index (χ3n) is 10.6. The molecule has 1 aliphatic carbocycles. The van der Waals surface area contributed by atoms with Crippen molar-refractivity contribution < 1.29 is 9.15 Å². The predicted octanol–water partition coefficient (Wildman–Crippen LogP) is 11.8. The SMILES string of the molecule is c1ccc(-c2cc(-c3ccc4oc5ccc6c(c5c4c3)Oc3ccccc3C63c4ccccc4-c4ccccc43)nc(-c3ccccc3)n2)cc1. The normalized spacial score (nSPS) is 13.4. The molecule has 0 saturated carbocycles. The van der Waals surface area contributed by atoms with E-state index in [1.807, 2.05) is 36.4 Å². The smallest absolute Gasteiger partial charge is 0.160 e. The van der Waals surface area contributed by atoms with Gasteiger partial charge in [-0.3, -0.25) is 0 Å². The Balaban J connectivity index is 1.18. The molecule has 4 heteroatoms. The van der Waals surface area contributed by atoms with Gasteiger partial charge in [0, 0.05) is 33.2 Å². The van der Waals surface area contributed by atoms with E-state index in [9.17, 15) is 0 Å². The van der Waals surface area contributed by atoms with E-state index in [1.54, 1.807) is 0 Å². The summed E-state index contributed by atoms with van der Waals surface area (Å²) in [5.41, 5.74) is 13.0. The predicted molar refractivity (Wildman–Crippen MR) is 203 cm³/mol. The number of ether oxygens (including phenoxy) is 1. The number of furan rings is 1. The molecular weight excluding hydrogens is 625 g/mol. The molecule has 11 rings (SSSR count). The highest BCUT2D eigenvalue weighted by atomic mass is 16.5. The monoisotopic (exact) mass is 652 g/mol. The van der Waals surface area contributed by atoms with Crippen LogP contribution in [0.4, 0.5) is 0 Å². The number of fused-ring (bicyclic) bond motifs is 13. The molecule has 238 valence electrons. The Labute approximate surface area is 294 Å². The summed E-state index contributed by atoms with van der Waals surface area (Å²) in [5, 5.41) is 1.94. The molecule has 0 atom stereocenters. The minimum absolute atomic E-state index is 0.547. The number of hydrogen-bond acceptors (Lipinski definition) is 4. The summed E-state index contributed by atoms with van der Waals surface area (Å²) in [6, 6.07) is 59.3. The number of hydrogen-bond donors (Lipinski definition) is 0. The highest BCUT2D eigenvalue weighted by Crippen LogP contribution is 2.63. The van der Waals surface area contributed by atoms with Gasteiger partial charge < -0.3 is 9.15 Å². The van der Waals surface area contributed by atoms with Gasteiger partial charge in [0.05, 0.1) is 22.2 Å². The maximum absolute atomic E-state index is 6.99. The van der Waals surface area contributed by atoms with Gasteiger partial charge >= 0.3 is 0 Å². The molecule has 9 aromatic rings. The van der Waals surface area contributed by atoms with Crippen molar-refractivity contribution in [2.45, 2.75) is 5.41 Å². The van der Waals surface area contributed by atoms with E-state index in [1.165, 1.54) is 22.3 Å². The molecule has 7 aromatic carbocycles. The van der Waals surface area contributed by atoms with Gasteiger partial charge in [-0.15, -0.1) is 0 Å². The molecule has 2 aromatic heterocycles. The Morgan fingerprint density at radius 3 is 1.75 bits per heavy atom. The van der Waals surface area contributed by atoms with Crippen molar-refractivity contribution in [2.75, 3.05) is 0 Å². The second kappa shape index (κ2) is 10.6. The van der Waals surface area contributed by atoms with E-state index < -0.39 is 5.41 Å². The molecule has 0 fully saturated rings. The fourth-order valence-corrected chi connectivity index (χ4v) is 8.40. The van der Waals surface area contributed by atoms with E-state index >= 15 is 0 Å². The zero-order chi connectivity index (χ0) is 33.5. The van der Waals surface area contributed by atoms with Gasteiger partial charge in [0.1, 0.15) is 22.7 Å². The second-order valence-corrected chi connectivity index (χ2v) is 13.3. The lowest BCUT2D eigenvalue weighted by molar-refractivity contribution is 0.441. The minimum Gasteiger partial charge on any atom is -0.456 e. The van der Waals surface area contributed by atoms with Gasteiger partial charge in [-0.2, -0.15) is 0 Å². The quantitative estimate of drug-likeness (QED) is 0.191. The second-order valence-electron chi connectivity index (χ2n) is 13.3. The zero-order valence-electron chi connectivity index (χ0n) is 27.4. The topological polar surface area (TPSA) is 48.2 Å². The Morgan fingerprint density at radius 1 is 0.431 bits per heavy atom. The molecule has 1 spiro atoms. The highest BCUT2D eigenvalue weighted by Gasteiger charge is 2.51. The van der Waals surface area contributed by atoms with Crippen LogP contribution < -0.4 is 4.74 Å². The summed E-state index contributed by atoms with van der Waals surface area (Å²) in [4.78, 5) is 10.1. The highest BCUT2D eigenvalue weighted by molar-refractivity contribution is 6.11. The van der Waals surface area contributed by atoms with Crippen LogP contribution in [0.25, 0.3) is 67.0 Å². The first-order valence-electron chi connectivity index (χ1n) is 17.2. The van der Waals surface area contributed by atoms with Crippen molar-refractivity contribution in [1.82, 2.24) is 9.97 Å². The average molecular weight is 653 g/mol. The molecule has 0 saturated heterocycles. The Morgan fingerprint density at radius 2 is 1.02 bits per heavy atom. The lowest BCUT2D eigenvalue weighted by atomic mass is 9.66.